The van der Waals surface area contributed by atoms with E-state index in [0.29, 0.717) is 6.54 Å². The van der Waals surface area contributed by atoms with E-state index in [2.05, 4.69) is 0 Å². The first-order valence-corrected chi connectivity index (χ1v) is 4.87. The third-order valence-electron chi connectivity index (χ3n) is 1.56. The Morgan fingerprint density at radius 1 is 1.33 bits per heavy atom. The summed E-state index contributed by atoms with van der Waals surface area (Å²) in [5.74, 6) is 0. The molecule has 0 aliphatic rings. The third kappa shape index (κ3) is 2.51. The van der Waals surface area contributed by atoms with Gasteiger partial charge in [0.05, 0.1) is 8.67 Å². The van der Waals surface area contributed by atoms with Crippen LogP contribution in [0.15, 0.2) is 0 Å². The molecule has 1 rings (SSSR count). The fourth-order valence-corrected chi connectivity index (χ4v) is 2.66. The Bertz CT molecular complexity index is 259. The van der Waals surface area contributed by atoms with Crippen molar-refractivity contribution in [2.45, 2.75) is 13.3 Å². The molecule has 0 atom stereocenters. The van der Waals surface area contributed by atoms with Crippen LogP contribution >= 0.6 is 46.9 Å². The number of hydrogen-bond donors (Lipinski definition) is 1. The van der Waals surface area contributed by atoms with Gasteiger partial charge in [0, 0.05) is 0 Å². The lowest BCUT2D eigenvalue weighted by atomic mass is 10.1. The van der Waals surface area contributed by atoms with Crippen molar-refractivity contribution in [3.8, 4) is 0 Å². The van der Waals surface area contributed by atoms with Crippen LogP contribution in [0.3, 0.4) is 0 Å². The Hall–Kier alpha value is 0.530. The summed E-state index contributed by atoms with van der Waals surface area (Å²) in [6, 6.07) is 0. The summed E-state index contributed by atoms with van der Waals surface area (Å²) in [5.41, 5.74) is 7.59. The van der Waals surface area contributed by atoms with E-state index in [1.54, 1.807) is 0 Å². The van der Waals surface area contributed by atoms with E-state index in [4.69, 9.17) is 28.9 Å². The van der Waals surface area contributed by atoms with Crippen LogP contribution in [0.4, 0.5) is 0 Å². The van der Waals surface area contributed by atoms with Crippen molar-refractivity contribution in [2.75, 3.05) is 6.54 Å². The number of hydrogen-bond acceptors (Lipinski definition) is 2. The topological polar surface area (TPSA) is 26.0 Å². The van der Waals surface area contributed by atoms with Crippen molar-refractivity contribution < 1.29 is 0 Å². The first-order valence-electron chi connectivity index (χ1n) is 3.30. The molecule has 0 saturated carbocycles. The standard InChI is InChI=1S/C7H9Cl2NS.ClH/c1-4-5(2-3-10)7(9)11-6(4)8;/h2-3,10H2,1H3;1H. The molecule has 0 spiro atoms. The van der Waals surface area contributed by atoms with Gasteiger partial charge in [-0.2, -0.15) is 0 Å². The fourth-order valence-electron chi connectivity index (χ4n) is 0.913. The summed E-state index contributed by atoms with van der Waals surface area (Å²) in [5, 5.41) is 0. The Morgan fingerprint density at radius 2 is 1.92 bits per heavy atom. The first kappa shape index (κ1) is 12.5. The maximum Gasteiger partial charge on any atom is 0.0979 e. The summed E-state index contributed by atoms with van der Waals surface area (Å²) in [6.45, 7) is 2.59. The lowest BCUT2D eigenvalue weighted by molar-refractivity contribution is 0.965. The van der Waals surface area contributed by atoms with Gasteiger partial charge in [-0.1, -0.05) is 23.2 Å². The number of halogens is 3. The molecule has 1 aromatic rings. The van der Waals surface area contributed by atoms with E-state index in [9.17, 15) is 0 Å². The third-order valence-corrected chi connectivity index (χ3v) is 3.44. The van der Waals surface area contributed by atoms with Gasteiger partial charge in [-0.3, -0.25) is 0 Å². The smallest absolute Gasteiger partial charge is 0.0979 e. The average molecular weight is 247 g/mol. The van der Waals surface area contributed by atoms with Crippen molar-refractivity contribution in [3.05, 3.63) is 19.8 Å². The van der Waals surface area contributed by atoms with Crippen LogP contribution in [-0.4, -0.2) is 6.54 Å². The Labute approximate surface area is 92.3 Å². The van der Waals surface area contributed by atoms with E-state index in [1.165, 1.54) is 11.3 Å². The average Bonchev–Trinajstić information content (AvgIpc) is 2.17. The zero-order chi connectivity index (χ0) is 8.43. The molecule has 0 saturated heterocycles. The molecule has 0 amide bonds. The first-order chi connectivity index (χ1) is 5.16. The summed E-state index contributed by atoms with van der Waals surface area (Å²) >= 11 is 13.2. The van der Waals surface area contributed by atoms with Gasteiger partial charge in [-0.15, -0.1) is 23.7 Å². The number of rotatable bonds is 2. The highest BCUT2D eigenvalue weighted by molar-refractivity contribution is 7.20. The molecule has 1 aromatic heterocycles. The fraction of sp³-hybridized carbons (Fsp3) is 0.429. The molecular formula is C7H10Cl3NS. The van der Waals surface area contributed by atoms with Gasteiger partial charge in [-0.25, -0.2) is 0 Å². The second kappa shape index (κ2) is 5.30. The van der Waals surface area contributed by atoms with Crippen molar-refractivity contribution in [2.24, 2.45) is 5.73 Å². The molecule has 0 aliphatic heterocycles. The van der Waals surface area contributed by atoms with Crippen LogP contribution in [0.5, 0.6) is 0 Å². The van der Waals surface area contributed by atoms with E-state index in [0.717, 1.165) is 26.2 Å². The number of thiophene rings is 1. The second-order valence-electron chi connectivity index (χ2n) is 2.29. The predicted octanol–water partition coefficient (Wildman–Crippen LogP) is 3.29. The van der Waals surface area contributed by atoms with Gasteiger partial charge in [0.25, 0.3) is 0 Å². The van der Waals surface area contributed by atoms with Crippen LogP contribution in [0.25, 0.3) is 0 Å². The maximum absolute atomic E-state index is 5.91. The van der Waals surface area contributed by atoms with Crippen molar-refractivity contribution in [1.82, 2.24) is 0 Å². The van der Waals surface area contributed by atoms with E-state index >= 15 is 0 Å². The molecule has 0 radical (unpaired) electrons. The molecule has 1 heterocycles. The molecule has 12 heavy (non-hydrogen) atoms. The van der Waals surface area contributed by atoms with Crippen molar-refractivity contribution >= 4 is 46.9 Å². The van der Waals surface area contributed by atoms with Gasteiger partial charge in [-0.05, 0) is 31.0 Å². The zero-order valence-corrected chi connectivity index (χ0v) is 9.71. The lowest BCUT2D eigenvalue weighted by Gasteiger charge is -1.96. The Morgan fingerprint density at radius 3 is 2.25 bits per heavy atom. The van der Waals surface area contributed by atoms with Gasteiger partial charge < -0.3 is 5.73 Å². The van der Waals surface area contributed by atoms with Crippen LogP contribution in [-0.2, 0) is 6.42 Å². The highest BCUT2D eigenvalue weighted by Gasteiger charge is 2.10. The molecule has 0 bridgehead atoms. The molecule has 5 heteroatoms. The lowest BCUT2D eigenvalue weighted by Crippen LogP contribution is -2.02. The van der Waals surface area contributed by atoms with Crippen molar-refractivity contribution in [3.63, 3.8) is 0 Å². The predicted molar refractivity (Wildman–Crippen MR) is 59.1 cm³/mol. The molecule has 70 valence electrons. The molecule has 0 fully saturated rings. The molecule has 2 N–H and O–H groups in total. The Kier molecular flexibility index (Phi) is 5.53. The molecule has 0 aromatic carbocycles. The van der Waals surface area contributed by atoms with Gasteiger partial charge >= 0.3 is 0 Å². The minimum absolute atomic E-state index is 0. The van der Waals surface area contributed by atoms with Crippen LogP contribution in [0.1, 0.15) is 11.1 Å². The van der Waals surface area contributed by atoms with E-state index < -0.39 is 0 Å². The van der Waals surface area contributed by atoms with Gasteiger partial charge in [0.15, 0.2) is 0 Å². The SMILES string of the molecule is Cc1c(Cl)sc(Cl)c1CCN.Cl. The second-order valence-corrected chi connectivity index (χ2v) is 4.52. The zero-order valence-electron chi connectivity index (χ0n) is 6.56. The minimum atomic E-state index is 0. The van der Waals surface area contributed by atoms with Gasteiger partial charge in [0.2, 0.25) is 0 Å². The minimum Gasteiger partial charge on any atom is -0.330 e. The van der Waals surface area contributed by atoms with Crippen LogP contribution in [0.2, 0.25) is 8.67 Å². The van der Waals surface area contributed by atoms with E-state index in [-0.39, 0.29) is 12.4 Å². The molecule has 1 nitrogen and oxygen atoms in total. The highest BCUT2D eigenvalue weighted by atomic mass is 35.5. The molecular weight excluding hydrogens is 237 g/mol. The van der Waals surface area contributed by atoms with Crippen molar-refractivity contribution in [1.29, 1.82) is 0 Å². The normalized spacial score (nSPS) is 9.67. The summed E-state index contributed by atoms with van der Waals surface area (Å²) in [6.07, 6.45) is 0.813. The van der Waals surface area contributed by atoms with Gasteiger partial charge in [0.1, 0.15) is 0 Å². The van der Waals surface area contributed by atoms with E-state index in [1.807, 2.05) is 6.92 Å². The largest absolute Gasteiger partial charge is 0.330 e. The highest BCUT2D eigenvalue weighted by Crippen LogP contribution is 2.35. The maximum atomic E-state index is 5.91. The molecule has 0 aliphatic carbocycles. The quantitative estimate of drug-likeness (QED) is 0.851. The van der Waals surface area contributed by atoms with Crippen LogP contribution < -0.4 is 5.73 Å². The summed E-state index contributed by atoms with van der Waals surface area (Å²) < 4.78 is 1.55. The van der Waals surface area contributed by atoms with Crippen LogP contribution in [0, 0.1) is 6.92 Å². The number of nitrogens with two attached hydrogens (primary N) is 1. The monoisotopic (exact) mass is 245 g/mol. The molecule has 0 unspecified atom stereocenters. The Balaban J connectivity index is 0.00000121. The summed E-state index contributed by atoms with van der Waals surface area (Å²) in [4.78, 5) is 0. The summed E-state index contributed by atoms with van der Waals surface area (Å²) in [7, 11) is 0.